The molecule has 0 aliphatic carbocycles. The Morgan fingerprint density at radius 1 is 1.17 bits per heavy atom. The topological polar surface area (TPSA) is 64.0 Å². The first kappa shape index (κ1) is 22.0. The molecule has 0 aliphatic heterocycles. The summed E-state index contributed by atoms with van der Waals surface area (Å²) in [6.45, 7) is 1.84. The van der Waals surface area contributed by atoms with Crippen LogP contribution in [0.15, 0.2) is 59.9 Å². The van der Waals surface area contributed by atoms with Gasteiger partial charge in [0.15, 0.2) is 0 Å². The summed E-state index contributed by atoms with van der Waals surface area (Å²) >= 11 is 0. The second kappa shape index (κ2) is 8.23. The Labute approximate surface area is 173 Å². The quantitative estimate of drug-likeness (QED) is 0.623. The fourth-order valence-corrected chi connectivity index (χ4v) is 4.03. The first-order chi connectivity index (χ1) is 14.0. The molecule has 5 nitrogen and oxygen atoms in total. The highest BCUT2D eigenvalue weighted by Gasteiger charge is 2.30. The molecule has 0 aliphatic rings. The van der Waals surface area contributed by atoms with Crippen LogP contribution in [-0.2, 0) is 29.7 Å². The molecule has 1 N–H and O–H groups in total. The summed E-state index contributed by atoms with van der Waals surface area (Å²) in [4.78, 5) is 4.42. The summed E-state index contributed by atoms with van der Waals surface area (Å²) in [7, 11) is -0.517. The van der Waals surface area contributed by atoms with Crippen molar-refractivity contribution in [1.29, 1.82) is 0 Å². The van der Waals surface area contributed by atoms with Gasteiger partial charge in [-0.25, -0.2) is 18.1 Å². The van der Waals surface area contributed by atoms with Crippen molar-refractivity contribution in [2.45, 2.75) is 30.3 Å². The number of sulfonamides is 1. The molecule has 1 heterocycles. The van der Waals surface area contributed by atoms with E-state index in [-0.39, 0.29) is 10.8 Å². The van der Waals surface area contributed by atoms with E-state index < -0.39 is 21.8 Å². The lowest BCUT2D eigenvalue weighted by atomic mass is 9.90. The van der Waals surface area contributed by atoms with Crippen molar-refractivity contribution in [2.75, 3.05) is 7.05 Å². The van der Waals surface area contributed by atoms with E-state index in [1.54, 1.807) is 42.3 Å². The molecule has 0 unspecified atom stereocenters. The number of benzene rings is 2. The fourth-order valence-electron chi connectivity index (χ4n) is 3.28. The van der Waals surface area contributed by atoms with Gasteiger partial charge in [-0.05, 0) is 48.7 Å². The average Bonchev–Trinajstić information content (AvgIpc) is 3.13. The number of imidazole rings is 1. The molecule has 0 fully saturated rings. The lowest BCUT2D eigenvalue weighted by Crippen LogP contribution is -2.18. The van der Waals surface area contributed by atoms with E-state index in [4.69, 9.17) is 0 Å². The van der Waals surface area contributed by atoms with Gasteiger partial charge in [0.05, 0.1) is 22.5 Å². The van der Waals surface area contributed by atoms with Gasteiger partial charge in [0.25, 0.3) is 0 Å². The van der Waals surface area contributed by atoms with Gasteiger partial charge in [0, 0.05) is 18.8 Å². The number of halogens is 3. The molecule has 30 heavy (non-hydrogen) atoms. The number of nitrogens with one attached hydrogen (secondary N) is 1. The van der Waals surface area contributed by atoms with Crippen LogP contribution in [-0.4, -0.2) is 25.0 Å². The van der Waals surface area contributed by atoms with Gasteiger partial charge in [-0.3, -0.25) is 0 Å². The lowest BCUT2D eigenvalue weighted by Gasteiger charge is -2.17. The maximum atomic E-state index is 13.1. The zero-order valence-corrected chi connectivity index (χ0v) is 17.6. The molecule has 0 saturated carbocycles. The third kappa shape index (κ3) is 4.73. The Bertz CT molecular complexity index is 1150. The number of rotatable bonds is 6. The highest BCUT2D eigenvalue weighted by atomic mass is 32.2. The predicted octanol–water partition coefficient (Wildman–Crippen LogP) is 4.36. The van der Waals surface area contributed by atoms with E-state index in [1.807, 2.05) is 6.92 Å². The summed E-state index contributed by atoms with van der Waals surface area (Å²) in [6, 6.07) is 10.0. The molecular formula is C21H22F3N3O2S. The van der Waals surface area contributed by atoms with Gasteiger partial charge in [0.2, 0.25) is 10.0 Å². The van der Waals surface area contributed by atoms with E-state index in [1.165, 1.54) is 19.2 Å². The molecule has 0 saturated heterocycles. The van der Waals surface area contributed by atoms with Crippen molar-refractivity contribution in [2.24, 2.45) is 7.05 Å². The van der Waals surface area contributed by atoms with E-state index in [0.29, 0.717) is 23.2 Å². The molecule has 1 atom stereocenters. The SMILES string of the molecule is CNS(=O)(=O)c1ccc(C[C@H](C)c2cccc(C(F)(F)F)c2)c(-c2cn(C)cn2)c1. The number of nitrogens with zero attached hydrogens (tertiary/aromatic N) is 2. The molecule has 1 aromatic heterocycles. The molecule has 0 spiro atoms. The third-order valence-electron chi connectivity index (χ3n) is 4.95. The maximum absolute atomic E-state index is 13.1. The summed E-state index contributed by atoms with van der Waals surface area (Å²) in [5.41, 5.74) is 1.90. The highest BCUT2D eigenvalue weighted by Crippen LogP contribution is 2.33. The summed E-state index contributed by atoms with van der Waals surface area (Å²) in [5, 5.41) is 0. The summed E-state index contributed by atoms with van der Waals surface area (Å²) in [5.74, 6) is -0.221. The highest BCUT2D eigenvalue weighted by molar-refractivity contribution is 7.89. The Balaban J connectivity index is 2.01. The van der Waals surface area contributed by atoms with Crippen molar-refractivity contribution >= 4 is 10.0 Å². The van der Waals surface area contributed by atoms with E-state index in [0.717, 1.165) is 17.7 Å². The van der Waals surface area contributed by atoms with Crippen LogP contribution in [0.5, 0.6) is 0 Å². The van der Waals surface area contributed by atoms with Crippen molar-refractivity contribution in [3.8, 4) is 11.3 Å². The lowest BCUT2D eigenvalue weighted by molar-refractivity contribution is -0.137. The zero-order chi connectivity index (χ0) is 22.1. The van der Waals surface area contributed by atoms with Crippen molar-refractivity contribution in [3.63, 3.8) is 0 Å². The molecule has 0 amide bonds. The van der Waals surface area contributed by atoms with Gasteiger partial charge in [-0.1, -0.05) is 31.2 Å². The van der Waals surface area contributed by atoms with E-state index >= 15 is 0 Å². The Kier molecular flexibility index (Phi) is 6.05. The van der Waals surface area contributed by atoms with Gasteiger partial charge in [-0.2, -0.15) is 13.2 Å². The number of hydrogen-bond acceptors (Lipinski definition) is 3. The second-order valence-corrected chi connectivity index (χ2v) is 9.07. The van der Waals surface area contributed by atoms with Crippen LogP contribution in [0.2, 0.25) is 0 Å². The molecule has 3 aromatic rings. The number of alkyl halides is 3. The van der Waals surface area contributed by atoms with Gasteiger partial charge >= 0.3 is 6.18 Å². The molecule has 2 aromatic carbocycles. The van der Waals surface area contributed by atoms with Crippen molar-refractivity contribution in [3.05, 3.63) is 71.7 Å². The van der Waals surface area contributed by atoms with Gasteiger partial charge < -0.3 is 4.57 Å². The maximum Gasteiger partial charge on any atom is 0.416 e. The smallest absolute Gasteiger partial charge is 0.340 e. The van der Waals surface area contributed by atoms with Crippen LogP contribution in [0.25, 0.3) is 11.3 Å². The van der Waals surface area contributed by atoms with Crippen LogP contribution < -0.4 is 4.72 Å². The molecule has 3 rings (SSSR count). The summed E-state index contributed by atoms with van der Waals surface area (Å²) in [6.07, 6.45) is -0.608. The first-order valence-electron chi connectivity index (χ1n) is 9.23. The second-order valence-electron chi connectivity index (χ2n) is 7.18. The van der Waals surface area contributed by atoms with Gasteiger partial charge in [0.1, 0.15) is 0 Å². The van der Waals surface area contributed by atoms with Crippen LogP contribution in [0.4, 0.5) is 13.2 Å². The molecule has 160 valence electrons. The minimum absolute atomic E-state index is 0.0983. The molecule has 0 bridgehead atoms. The molecular weight excluding hydrogens is 415 g/mol. The number of hydrogen-bond donors (Lipinski definition) is 1. The first-order valence-corrected chi connectivity index (χ1v) is 10.7. The predicted molar refractivity (Wildman–Crippen MR) is 108 cm³/mol. The molecule has 0 radical (unpaired) electrons. The van der Waals surface area contributed by atoms with Crippen molar-refractivity contribution in [1.82, 2.24) is 14.3 Å². The largest absolute Gasteiger partial charge is 0.416 e. The van der Waals surface area contributed by atoms with Crippen molar-refractivity contribution < 1.29 is 21.6 Å². The Morgan fingerprint density at radius 3 is 2.50 bits per heavy atom. The van der Waals surface area contributed by atoms with E-state index in [2.05, 4.69) is 9.71 Å². The Morgan fingerprint density at radius 2 is 1.90 bits per heavy atom. The summed E-state index contributed by atoms with van der Waals surface area (Å²) < 4.78 is 67.7. The van der Waals surface area contributed by atoms with Crippen LogP contribution >= 0.6 is 0 Å². The number of aryl methyl sites for hydroxylation is 1. The third-order valence-corrected chi connectivity index (χ3v) is 6.36. The average molecular weight is 437 g/mol. The Hall–Kier alpha value is -2.65. The zero-order valence-electron chi connectivity index (χ0n) is 16.7. The standard InChI is InChI=1S/C21H22F3N3O2S/c1-14(15-5-4-6-17(10-15)21(22,23)24)9-16-7-8-18(30(28,29)25-2)11-19(16)20-12-27(3)13-26-20/h4-8,10-14,25H,9H2,1-3H3/t14-/m0/s1. The fraction of sp³-hybridized carbons (Fsp3) is 0.286. The minimum Gasteiger partial charge on any atom is -0.340 e. The monoisotopic (exact) mass is 437 g/mol. The van der Waals surface area contributed by atoms with Gasteiger partial charge in [-0.15, -0.1) is 0 Å². The number of aromatic nitrogens is 2. The normalized spacial score (nSPS) is 13.4. The molecule has 9 heteroatoms. The van der Waals surface area contributed by atoms with Crippen LogP contribution in [0.1, 0.15) is 29.5 Å². The minimum atomic E-state index is -4.40. The van der Waals surface area contributed by atoms with E-state index in [9.17, 15) is 21.6 Å². The van der Waals surface area contributed by atoms with Crippen LogP contribution in [0.3, 0.4) is 0 Å². The van der Waals surface area contributed by atoms with Crippen LogP contribution in [0, 0.1) is 0 Å².